The van der Waals surface area contributed by atoms with Crippen molar-refractivity contribution in [3.8, 4) is 0 Å². The summed E-state index contributed by atoms with van der Waals surface area (Å²) in [5.74, 6) is -1.54. The second-order valence-electron chi connectivity index (χ2n) is 12.1. The van der Waals surface area contributed by atoms with Gasteiger partial charge in [-0.3, -0.25) is 4.90 Å². The number of halogens is 7. The van der Waals surface area contributed by atoms with Gasteiger partial charge in [-0.1, -0.05) is 6.07 Å². The maximum atomic E-state index is 14.0. The van der Waals surface area contributed by atoms with Crippen molar-refractivity contribution in [1.82, 2.24) is 14.7 Å². The quantitative estimate of drug-likeness (QED) is 0.414. The van der Waals surface area contributed by atoms with E-state index in [1.807, 2.05) is 0 Å². The summed E-state index contributed by atoms with van der Waals surface area (Å²) >= 11 is 0. The highest BCUT2D eigenvalue weighted by molar-refractivity contribution is 5.78. The van der Waals surface area contributed by atoms with E-state index in [1.165, 1.54) is 31.0 Å². The lowest BCUT2D eigenvalue weighted by Crippen LogP contribution is -2.52. The first-order valence-corrected chi connectivity index (χ1v) is 14.0. The van der Waals surface area contributed by atoms with Crippen LogP contribution in [0.15, 0.2) is 36.4 Å². The van der Waals surface area contributed by atoms with E-state index in [4.69, 9.17) is 0 Å². The molecule has 2 amide bonds. The van der Waals surface area contributed by atoms with Gasteiger partial charge in [-0.2, -0.15) is 26.3 Å². The molecule has 0 bridgehead atoms. The zero-order chi connectivity index (χ0) is 31.6. The maximum absolute atomic E-state index is 14.0. The van der Waals surface area contributed by atoms with Crippen molar-refractivity contribution in [1.29, 1.82) is 0 Å². The minimum atomic E-state index is -5.03. The normalized spacial score (nSPS) is 26.7. The zero-order valence-corrected chi connectivity index (χ0v) is 23.7. The standard InChI is InChI=1S/C30H32F7N3O3/c1-16-8-22(31)4-5-24(16)25-12-23(39-14-21-13-28(21,15-39)26(41)42)6-7-40(25)27(43)38(3)17(2)18-9-19(29(32,33)34)11-20(10-18)30(35,36)37/h4-5,8-11,17,21,23,25H,6-7,12-15H2,1-3H3,(H,41,42)/p-1/t17-,21?,23?,25-,28?/m1/s1. The number of aryl methyl sites for hydroxylation is 1. The van der Waals surface area contributed by atoms with E-state index in [-0.39, 0.29) is 30.1 Å². The highest BCUT2D eigenvalue weighted by Gasteiger charge is 2.62. The fraction of sp³-hybridized carbons (Fsp3) is 0.533. The number of carbonyl (C=O) groups is 2. The van der Waals surface area contributed by atoms with Crippen LogP contribution < -0.4 is 5.11 Å². The number of nitrogens with zero attached hydrogens (tertiary/aromatic N) is 3. The Kier molecular flexibility index (Phi) is 7.72. The van der Waals surface area contributed by atoms with E-state index >= 15 is 0 Å². The van der Waals surface area contributed by atoms with Crippen molar-refractivity contribution in [2.45, 2.75) is 63.6 Å². The topological polar surface area (TPSA) is 66.9 Å². The number of carboxylic acid groups (broad SMARTS) is 1. The lowest BCUT2D eigenvalue weighted by Gasteiger charge is -2.45. The van der Waals surface area contributed by atoms with Crippen molar-refractivity contribution in [3.63, 3.8) is 0 Å². The summed E-state index contributed by atoms with van der Waals surface area (Å²) in [6.07, 6.45) is -8.63. The minimum absolute atomic E-state index is 0.00389. The number of benzene rings is 2. The number of urea groups is 1. The molecule has 0 spiro atoms. The molecule has 5 rings (SSSR count). The molecule has 234 valence electrons. The largest absolute Gasteiger partial charge is 0.549 e. The predicted molar refractivity (Wildman–Crippen MR) is 139 cm³/mol. The van der Waals surface area contributed by atoms with Gasteiger partial charge in [0, 0.05) is 44.1 Å². The molecule has 6 nitrogen and oxygen atoms in total. The van der Waals surface area contributed by atoms with Crippen LogP contribution in [0.25, 0.3) is 0 Å². The molecular weight excluding hydrogens is 583 g/mol. The highest BCUT2D eigenvalue weighted by atomic mass is 19.4. The molecule has 1 saturated carbocycles. The third kappa shape index (κ3) is 5.80. The maximum Gasteiger partial charge on any atom is 0.416 e. The molecule has 3 aliphatic rings. The van der Waals surface area contributed by atoms with Gasteiger partial charge in [-0.05, 0) is 86.1 Å². The Hall–Kier alpha value is -3.35. The molecule has 2 aromatic carbocycles. The Bertz CT molecular complexity index is 1400. The number of fused-ring (bicyclic) bond motifs is 1. The fourth-order valence-electron chi connectivity index (χ4n) is 6.74. The average molecular weight is 615 g/mol. The third-order valence-electron chi connectivity index (χ3n) is 9.48. The van der Waals surface area contributed by atoms with Crippen LogP contribution in [0.5, 0.6) is 0 Å². The second-order valence-corrected chi connectivity index (χ2v) is 12.1. The molecule has 0 N–H and O–H groups in total. The van der Waals surface area contributed by atoms with Crippen molar-refractivity contribution < 1.29 is 45.4 Å². The van der Waals surface area contributed by atoms with Gasteiger partial charge in [-0.15, -0.1) is 0 Å². The van der Waals surface area contributed by atoms with Gasteiger partial charge >= 0.3 is 18.4 Å². The number of rotatable bonds is 5. The first-order valence-electron chi connectivity index (χ1n) is 14.0. The smallest absolute Gasteiger partial charge is 0.416 e. The van der Waals surface area contributed by atoms with Gasteiger partial charge in [0.2, 0.25) is 0 Å². The first kappa shape index (κ1) is 31.1. The monoisotopic (exact) mass is 614 g/mol. The average Bonchev–Trinajstić information content (AvgIpc) is 3.51. The number of piperidine rings is 2. The molecule has 43 heavy (non-hydrogen) atoms. The summed E-state index contributed by atoms with van der Waals surface area (Å²) in [5.41, 5.74) is -2.90. The summed E-state index contributed by atoms with van der Waals surface area (Å²) in [4.78, 5) is 30.4. The molecule has 0 aromatic heterocycles. The number of carboxylic acids is 1. The van der Waals surface area contributed by atoms with E-state index in [9.17, 15) is 45.4 Å². The van der Waals surface area contributed by atoms with Crippen molar-refractivity contribution in [2.75, 3.05) is 26.7 Å². The van der Waals surface area contributed by atoms with E-state index in [0.29, 0.717) is 55.6 Å². The molecule has 1 aliphatic carbocycles. The predicted octanol–water partition coefficient (Wildman–Crippen LogP) is 5.56. The van der Waals surface area contributed by atoms with Crippen LogP contribution in [0.2, 0.25) is 0 Å². The Labute approximate surface area is 244 Å². The summed E-state index contributed by atoms with van der Waals surface area (Å²) in [6.45, 7) is 4.15. The van der Waals surface area contributed by atoms with Crippen LogP contribution in [-0.2, 0) is 17.1 Å². The molecule has 13 heteroatoms. The summed E-state index contributed by atoms with van der Waals surface area (Å²) in [6, 6.07) is 2.97. The Morgan fingerprint density at radius 2 is 1.67 bits per heavy atom. The number of likely N-dealkylation sites (tertiary alicyclic amines) is 2. The van der Waals surface area contributed by atoms with Crippen LogP contribution in [0.4, 0.5) is 35.5 Å². The lowest BCUT2D eigenvalue weighted by molar-refractivity contribution is -0.313. The molecule has 3 fully saturated rings. The molecule has 3 unspecified atom stereocenters. The molecule has 2 saturated heterocycles. The minimum Gasteiger partial charge on any atom is -0.549 e. The number of carbonyl (C=O) groups excluding carboxylic acids is 2. The second kappa shape index (κ2) is 10.7. The Balaban J connectivity index is 1.43. The lowest BCUT2D eigenvalue weighted by atomic mass is 9.88. The number of amides is 2. The Morgan fingerprint density at radius 1 is 1.05 bits per heavy atom. The van der Waals surface area contributed by atoms with E-state index in [2.05, 4.69) is 4.90 Å². The van der Waals surface area contributed by atoms with Crippen molar-refractivity contribution >= 4 is 12.0 Å². The molecular formula is C30H31F7N3O3-. The van der Waals surface area contributed by atoms with Crippen LogP contribution in [0, 0.1) is 24.1 Å². The van der Waals surface area contributed by atoms with E-state index in [1.54, 1.807) is 13.0 Å². The van der Waals surface area contributed by atoms with E-state index in [0.717, 1.165) is 4.90 Å². The van der Waals surface area contributed by atoms with Gasteiger partial charge in [-0.25, -0.2) is 9.18 Å². The SMILES string of the molecule is Cc1cc(F)ccc1[C@H]1CC(N2CC3CC3(C(=O)[O-])C2)CCN1C(=O)N(C)[C@H](C)c1cc(C(F)(F)F)cc(C(F)(F)F)c1. The molecule has 2 aromatic rings. The van der Waals surface area contributed by atoms with Crippen LogP contribution >= 0.6 is 0 Å². The van der Waals surface area contributed by atoms with Crippen LogP contribution in [0.1, 0.15) is 66.1 Å². The van der Waals surface area contributed by atoms with Gasteiger partial charge in [0.05, 0.1) is 23.2 Å². The molecule has 2 heterocycles. The zero-order valence-electron chi connectivity index (χ0n) is 23.7. The Morgan fingerprint density at radius 3 is 2.21 bits per heavy atom. The van der Waals surface area contributed by atoms with Crippen LogP contribution in [-0.4, -0.2) is 59.4 Å². The van der Waals surface area contributed by atoms with Gasteiger partial charge < -0.3 is 19.7 Å². The van der Waals surface area contributed by atoms with Crippen molar-refractivity contribution in [2.24, 2.45) is 11.3 Å². The molecule has 5 atom stereocenters. The third-order valence-corrected chi connectivity index (χ3v) is 9.48. The van der Waals surface area contributed by atoms with Crippen molar-refractivity contribution in [3.05, 3.63) is 70.0 Å². The highest BCUT2D eigenvalue weighted by Crippen LogP contribution is 2.58. The summed E-state index contributed by atoms with van der Waals surface area (Å²) in [7, 11) is 1.32. The number of alkyl halides is 6. The number of hydrogen-bond donors (Lipinski definition) is 0. The fourth-order valence-corrected chi connectivity index (χ4v) is 6.74. The molecule has 2 aliphatic heterocycles. The van der Waals surface area contributed by atoms with Gasteiger partial charge in [0.15, 0.2) is 0 Å². The number of aliphatic carboxylic acids is 1. The summed E-state index contributed by atoms with van der Waals surface area (Å²) < 4.78 is 94.9. The van der Waals surface area contributed by atoms with Crippen LogP contribution in [0.3, 0.4) is 0 Å². The summed E-state index contributed by atoms with van der Waals surface area (Å²) in [5, 5.41) is 11.7. The van der Waals surface area contributed by atoms with Gasteiger partial charge in [0.25, 0.3) is 0 Å². The first-order chi connectivity index (χ1) is 19.9. The van der Waals surface area contributed by atoms with Gasteiger partial charge in [0.1, 0.15) is 5.82 Å². The van der Waals surface area contributed by atoms with E-state index < -0.39 is 58.8 Å². The number of hydrogen-bond acceptors (Lipinski definition) is 4. The molecule has 0 radical (unpaired) electrons.